The van der Waals surface area contributed by atoms with Crippen LogP contribution in [0.25, 0.3) is 0 Å². The molecule has 0 aromatic carbocycles. The molecule has 354 valence electrons. The predicted molar refractivity (Wildman–Crippen MR) is 215 cm³/mol. The van der Waals surface area contributed by atoms with E-state index in [-0.39, 0.29) is 30.6 Å². The molecule has 6 saturated carbocycles. The fraction of sp³-hybridized carbons (Fsp3) is 0.872. The van der Waals surface area contributed by atoms with Crippen LogP contribution in [0.5, 0.6) is 0 Å². The van der Waals surface area contributed by atoms with Crippen LogP contribution < -0.4 is 0 Å². The van der Waals surface area contributed by atoms with E-state index in [0.717, 1.165) is 64.7 Å². The number of hydrogen-bond acceptors (Lipinski definition) is 12. The van der Waals surface area contributed by atoms with Crippen LogP contribution in [0.15, 0.2) is 0 Å². The second-order valence-electron chi connectivity index (χ2n) is 20.3. The number of halogens is 4. The van der Waals surface area contributed by atoms with Gasteiger partial charge in [0.1, 0.15) is 23.4 Å². The highest BCUT2D eigenvalue weighted by Crippen LogP contribution is 2.67. The van der Waals surface area contributed by atoms with Gasteiger partial charge in [-0.05, 0) is 117 Å². The van der Waals surface area contributed by atoms with Gasteiger partial charge in [0.05, 0.1) is 23.7 Å². The molecule has 8 rings (SSSR count). The van der Waals surface area contributed by atoms with Gasteiger partial charge in [-0.1, -0.05) is 41.5 Å². The Morgan fingerprint density at radius 1 is 0.587 bits per heavy atom. The first-order valence-electron chi connectivity index (χ1n) is 23.6. The lowest BCUT2D eigenvalue weighted by Crippen LogP contribution is -2.57. The molecule has 6 aliphatic carbocycles. The highest BCUT2D eigenvalue weighted by atomic mass is 19.4. The van der Waals surface area contributed by atoms with Crippen LogP contribution >= 0.6 is 0 Å². The number of esters is 6. The van der Waals surface area contributed by atoms with Crippen molar-refractivity contribution in [3.05, 3.63) is 0 Å². The zero-order valence-electron chi connectivity index (χ0n) is 38.0. The molecule has 2 heterocycles. The van der Waals surface area contributed by atoms with Crippen molar-refractivity contribution in [2.24, 2.45) is 52.8 Å². The van der Waals surface area contributed by atoms with Crippen molar-refractivity contribution in [1.82, 2.24) is 0 Å². The molecule has 0 aromatic heterocycles. The van der Waals surface area contributed by atoms with Crippen molar-refractivity contribution in [3.8, 4) is 0 Å². The number of ether oxygens (including phenoxy) is 6. The summed E-state index contributed by atoms with van der Waals surface area (Å²) >= 11 is 0. The number of carbonyl (C=O) groups is 6. The van der Waals surface area contributed by atoms with Crippen LogP contribution in [0.1, 0.15) is 158 Å². The monoisotopic (exact) mass is 898 g/mol. The van der Waals surface area contributed by atoms with E-state index in [1.807, 2.05) is 20.8 Å². The van der Waals surface area contributed by atoms with E-state index < -0.39 is 124 Å². The molecule has 0 spiro atoms. The smallest absolute Gasteiger partial charge is 0.404 e. The van der Waals surface area contributed by atoms with Gasteiger partial charge in [0.2, 0.25) is 5.67 Å². The predicted octanol–water partition coefficient (Wildman–Crippen LogP) is 8.62. The van der Waals surface area contributed by atoms with Crippen molar-refractivity contribution >= 4 is 35.8 Å². The number of hydrogen-bond donors (Lipinski definition) is 0. The van der Waals surface area contributed by atoms with E-state index >= 15 is 0 Å². The number of rotatable bonds is 14. The molecule has 0 aromatic rings. The maximum Gasteiger partial charge on any atom is 0.404 e. The second kappa shape index (κ2) is 16.5. The Labute approximate surface area is 367 Å². The minimum absolute atomic E-state index is 0.0166. The molecule has 4 bridgehead atoms. The Morgan fingerprint density at radius 3 is 1.29 bits per heavy atom. The van der Waals surface area contributed by atoms with E-state index in [1.165, 1.54) is 13.8 Å². The maximum atomic E-state index is 14.7. The maximum absolute atomic E-state index is 14.7. The van der Waals surface area contributed by atoms with Crippen molar-refractivity contribution in [1.29, 1.82) is 0 Å². The van der Waals surface area contributed by atoms with Crippen LogP contribution in [0.3, 0.4) is 0 Å². The molecular weight excluding hydrogens is 832 g/mol. The van der Waals surface area contributed by atoms with E-state index in [2.05, 4.69) is 0 Å². The van der Waals surface area contributed by atoms with Crippen LogP contribution in [-0.2, 0) is 57.2 Å². The Hall–Kier alpha value is -3.46. The number of carbonyl (C=O) groups excluding carboxylic acids is 6. The van der Waals surface area contributed by atoms with Crippen molar-refractivity contribution in [2.45, 2.75) is 205 Å². The molecule has 2 aliphatic heterocycles. The van der Waals surface area contributed by atoms with Gasteiger partial charge in [0.15, 0.2) is 16.6 Å². The molecule has 0 radical (unpaired) electrons. The van der Waals surface area contributed by atoms with Gasteiger partial charge in [0.25, 0.3) is 0 Å². The van der Waals surface area contributed by atoms with Gasteiger partial charge in [-0.15, -0.1) is 0 Å². The van der Waals surface area contributed by atoms with Gasteiger partial charge in [0, 0.05) is 23.7 Å². The summed E-state index contributed by atoms with van der Waals surface area (Å²) in [6.07, 6.45) is 3.20. The molecule has 14 atom stereocenters. The highest BCUT2D eigenvalue weighted by Gasteiger charge is 2.78. The standard InChI is InChI=1S/C24H33F3O6.C23H33FO6/c1-5-21(4,24(25,26)27)20(30)33-23(7-3)14-12-13-15(18(28)31-17(13)23)16(14)19(29)32-22(6-2)10-8-9-11-22;1-5-21(4,24)20(27)30-23(7-3)14-12-13-15(18(25)28-17(13)23)16(14)19(26)29-22(6-2)10-8-9-11-22/h13-17H,5-12H2,1-4H3;13-17H,5-12H2,1-4H3. The zero-order valence-corrected chi connectivity index (χ0v) is 38.0. The first-order chi connectivity index (χ1) is 29.5. The fourth-order valence-corrected chi connectivity index (χ4v) is 13.2. The topological polar surface area (TPSA) is 158 Å². The Balaban J connectivity index is 0.000000190. The fourth-order valence-electron chi connectivity index (χ4n) is 13.2. The van der Waals surface area contributed by atoms with E-state index in [0.29, 0.717) is 25.7 Å². The lowest BCUT2D eigenvalue weighted by molar-refractivity contribution is -0.247. The van der Waals surface area contributed by atoms with Crippen molar-refractivity contribution < 1.29 is 74.8 Å². The van der Waals surface area contributed by atoms with E-state index in [9.17, 15) is 46.3 Å². The summed E-state index contributed by atoms with van der Waals surface area (Å²) in [6, 6.07) is 0. The molecule has 0 N–H and O–H groups in total. The Morgan fingerprint density at radius 2 is 0.968 bits per heavy atom. The van der Waals surface area contributed by atoms with E-state index in [1.54, 1.807) is 13.8 Å². The van der Waals surface area contributed by atoms with Crippen LogP contribution in [0.2, 0.25) is 0 Å². The van der Waals surface area contributed by atoms with Gasteiger partial charge in [-0.2, -0.15) is 13.2 Å². The number of fused-ring (bicyclic) bond motifs is 2. The zero-order chi connectivity index (χ0) is 46.3. The Kier molecular flexibility index (Phi) is 12.4. The quantitative estimate of drug-likeness (QED) is 0.0930. The molecule has 2 saturated heterocycles. The summed E-state index contributed by atoms with van der Waals surface area (Å²) in [6.45, 7) is 12.4. The third-order valence-electron chi connectivity index (χ3n) is 17.7. The van der Waals surface area contributed by atoms with Crippen molar-refractivity contribution in [2.75, 3.05) is 0 Å². The molecule has 14 unspecified atom stereocenters. The summed E-state index contributed by atoms with van der Waals surface area (Å²) in [5.41, 5.74) is -8.49. The molecule has 63 heavy (non-hydrogen) atoms. The largest absolute Gasteiger partial charge is 0.459 e. The summed E-state index contributed by atoms with van der Waals surface area (Å²) in [4.78, 5) is 77.9. The van der Waals surface area contributed by atoms with Gasteiger partial charge >= 0.3 is 42.0 Å². The molecular formula is C47H66F4O12. The SMILES string of the molecule is CCC1(OC(=O)C2C3C(=O)OC4C3CC2C4(CC)OC(=O)C(C)(CC)C(F)(F)F)CCCC1.CCC1(OC(=O)C2C3C(=O)OC4C3CC2C4(CC)OC(=O)C(C)(F)CC)CCCC1. The lowest BCUT2D eigenvalue weighted by atomic mass is 9.70. The molecule has 0 amide bonds. The molecule has 8 aliphatic rings. The average Bonchev–Trinajstić information content (AvgIpc) is 4.12. The summed E-state index contributed by atoms with van der Waals surface area (Å²) in [5.74, 6) is -8.61. The minimum atomic E-state index is -4.80. The highest BCUT2D eigenvalue weighted by molar-refractivity contribution is 5.88. The van der Waals surface area contributed by atoms with Gasteiger partial charge < -0.3 is 28.4 Å². The second-order valence-corrected chi connectivity index (χ2v) is 20.3. The normalized spacial score (nSPS) is 39.1. The van der Waals surface area contributed by atoms with Crippen molar-refractivity contribution in [3.63, 3.8) is 0 Å². The average molecular weight is 899 g/mol. The number of alkyl halides is 4. The van der Waals surface area contributed by atoms with Crippen LogP contribution in [0.4, 0.5) is 17.6 Å². The van der Waals surface area contributed by atoms with Crippen LogP contribution in [-0.4, -0.2) is 82.3 Å². The van der Waals surface area contributed by atoms with Gasteiger partial charge in [-0.3, -0.25) is 24.0 Å². The third-order valence-corrected chi connectivity index (χ3v) is 17.7. The third kappa shape index (κ3) is 7.17. The summed E-state index contributed by atoms with van der Waals surface area (Å²) in [5, 5.41) is 0. The molecule has 8 fully saturated rings. The first kappa shape index (κ1) is 47.5. The summed E-state index contributed by atoms with van der Waals surface area (Å²) in [7, 11) is 0. The summed E-state index contributed by atoms with van der Waals surface area (Å²) < 4.78 is 90.7. The minimum Gasteiger partial charge on any atom is -0.459 e. The van der Waals surface area contributed by atoms with Gasteiger partial charge in [-0.25, -0.2) is 9.18 Å². The Bertz CT molecular complexity index is 1840. The van der Waals surface area contributed by atoms with Crippen LogP contribution in [0, 0.1) is 52.8 Å². The first-order valence-corrected chi connectivity index (χ1v) is 23.6. The van der Waals surface area contributed by atoms with E-state index in [4.69, 9.17) is 28.4 Å². The molecule has 12 nitrogen and oxygen atoms in total. The lowest BCUT2D eigenvalue weighted by Gasteiger charge is -2.44. The molecule has 16 heteroatoms.